The van der Waals surface area contributed by atoms with Gasteiger partial charge in [-0.05, 0) is 12.1 Å². The number of nitro benzene ring substituents is 1. The van der Waals surface area contributed by atoms with Crippen molar-refractivity contribution in [1.29, 1.82) is 0 Å². The van der Waals surface area contributed by atoms with Crippen LogP contribution in [0.3, 0.4) is 0 Å². The minimum atomic E-state index is -4.71. The number of nitrogens with zero attached hydrogens (tertiary/aromatic N) is 2. The third kappa shape index (κ3) is 3.12. The number of benzene rings is 1. The average molecular weight is 292 g/mol. The number of hydrogen-bond acceptors (Lipinski definition) is 4. The maximum Gasteiger partial charge on any atom is 0.423 e. The van der Waals surface area contributed by atoms with Crippen LogP contribution in [0.15, 0.2) is 18.2 Å². The van der Waals surface area contributed by atoms with E-state index in [9.17, 15) is 23.3 Å². The first-order valence-electron chi connectivity index (χ1n) is 5.58. The standard InChI is InChI=1S/C11H11F3N2O2S/c12-11(13,14)9-2-1-8(7-10(9)16(17)18)15-3-5-19-6-4-15/h1-2,7H,3-6H2. The summed E-state index contributed by atoms with van der Waals surface area (Å²) in [5.41, 5.74) is -1.61. The van der Waals surface area contributed by atoms with Gasteiger partial charge in [0.2, 0.25) is 0 Å². The number of anilines is 1. The van der Waals surface area contributed by atoms with Crippen LogP contribution in [-0.4, -0.2) is 29.5 Å². The van der Waals surface area contributed by atoms with E-state index < -0.39 is 22.4 Å². The zero-order valence-electron chi connectivity index (χ0n) is 9.81. The highest BCUT2D eigenvalue weighted by Gasteiger charge is 2.38. The molecule has 0 aromatic heterocycles. The molecule has 0 spiro atoms. The van der Waals surface area contributed by atoms with E-state index in [0.717, 1.165) is 23.6 Å². The molecule has 1 heterocycles. The summed E-state index contributed by atoms with van der Waals surface area (Å²) in [6, 6.07) is 3.10. The van der Waals surface area contributed by atoms with Crippen LogP contribution in [-0.2, 0) is 6.18 Å². The maximum atomic E-state index is 12.7. The molecule has 19 heavy (non-hydrogen) atoms. The molecule has 1 fully saturated rings. The SMILES string of the molecule is O=[N+]([O-])c1cc(N2CCSCC2)ccc1C(F)(F)F. The molecule has 2 rings (SSSR count). The Balaban J connectivity index is 2.38. The quantitative estimate of drug-likeness (QED) is 0.620. The van der Waals surface area contributed by atoms with Gasteiger partial charge in [-0.1, -0.05) is 0 Å². The molecule has 0 aliphatic carbocycles. The molecule has 1 aliphatic heterocycles. The van der Waals surface area contributed by atoms with E-state index in [1.807, 2.05) is 4.90 Å². The van der Waals surface area contributed by atoms with Crippen LogP contribution < -0.4 is 4.90 Å². The number of halogens is 3. The molecule has 1 aromatic rings. The molecule has 1 saturated heterocycles. The van der Waals surface area contributed by atoms with Crippen LogP contribution >= 0.6 is 11.8 Å². The second-order valence-corrected chi connectivity index (χ2v) is 5.28. The van der Waals surface area contributed by atoms with E-state index in [2.05, 4.69) is 0 Å². The molecular weight excluding hydrogens is 281 g/mol. The number of thioether (sulfide) groups is 1. The smallest absolute Gasteiger partial charge is 0.370 e. The van der Waals surface area contributed by atoms with Gasteiger partial charge >= 0.3 is 6.18 Å². The van der Waals surface area contributed by atoms with E-state index in [-0.39, 0.29) is 0 Å². The second kappa shape index (κ2) is 5.28. The van der Waals surface area contributed by atoms with Crippen molar-refractivity contribution < 1.29 is 18.1 Å². The van der Waals surface area contributed by atoms with Crippen LogP contribution in [0, 0.1) is 10.1 Å². The molecular formula is C11H11F3N2O2S. The third-order valence-corrected chi connectivity index (χ3v) is 3.80. The van der Waals surface area contributed by atoms with Gasteiger partial charge in [-0.15, -0.1) is 0 Å². The fraction of sp³-hybridized carbons (Fsp3) is 0.455. The first-order chi connectivity index (χ1) is 8.89. The van der Waals surface area contributed by atoms with Crippen molar-refractivity contribution in [3.8, 4) is 0 Å². The summed E-state index contributed by atoms with van der Waals surface area (Å²) in [4.78, 5) is 11.7. The molecule has 4 nitrogen and oxygen atoms in total. The van der Waals surface area contributed by atoms with E-state index in [1.54, 1.807) is 11.8 Å². The fourth-order valence-corrected chi connectivity index (χ4v) is 2.83. The highest BCUT2D eigenvalue weighted by atomic mass is 32.2. The number of hydrogen-bond donors (Lipinski definition) is 0. The molecule has 0 saturated carbocycles. The lowest BCUT2D eigenvalue weighted by Crippen LogP contribution is -2.32. The van der Waals surface area contributed by atoms with E-state index in [1.165, 1.54) is 6.07 Å². The van der Waals surface area contributed by atoms with Crippen LogP contribution in [0.4, 0.5) is 24.5 Å². The molecule has 104 valence electrons. The molecule has 0 unspecified atom stereocenters. The highest BCUT2D eigenvalue weighted by Crippen LogP contribution is 2.38. The highest BCUT2D eigenvalue weighted by molar-refractivity contribution is 7.99. The predicted octanol–water partition coefficient (Wildman–Crippen LogP) is 3.17. The van der Waals surface area contributed by atoms with Crippen molar-refractivity contribution in [1.82, 2.24) is 0 Å². The molecule has 0 radical (unpaired) electrons. The Hall–Kier alpha value is -1.44. The van der Waals surface area contributed by atoms with Crippen molar-refractivity contribution in [2.75, 3.05) is 29.5 Å². The lowest BCUT2D eigenvalue weighted by atomic mass is 10.1. The Morgan fingerprint density at radius 2 is 1.89 bits per heavy atom. The van der Waals surface area contributed by atoms with Gasteiger partial charge in [0.25, 0.3) is 5.69 Å². The minimum absolute atomic E-state index is 0.472. The van der Waals surface area contributed by atoms with Crippen molar-refractivity contribution in [2.24, 2.45) is 0 Å². The normalized spacial score (nSPS) is 16.5. The molecule has 1 aromatic carbocycles. The Bertz CT molecular complexity index is 487. The van der Waals surface area contributed by atoms with Crippen LogP contribution in [0.2, 0.25) is 0 Å². The van der Waals surface area contributed by atoms with Crippen molar-refractivity contribution in [3.05, 3.63) is 33.9 Å². The molecule has 0 bridgehead atoms. The van der Waals surface area contributed by atoms with Crippen LogP contribution in [0.1, 0.15) is 5.56 Å². The molecule has 0 atom stereocenters. The molecule has 8 heteroatoms. The van der Waals surface area contributed by atoms with Crippen molar-refractivity contribution >= 4 is 23.1 Å². The first-order valence-corrected chi connectivity index (χ1v) is 6.73. The Labute approximate surface area is 111 Å². The molecule has 0 N–H and O–H groups in total. The van der Waals surface area contributed by atoms with Crippen molar-refractivity contribution in [3.63, 3.8) is 0 Å². The summed E-state index contributed by atoms with van der Waals surface area (Å²) in [5.74, 6) is 1.74. The van der Waals surface area contributed by atoms with Crippen LogP contribution in [0.5, 0.6) is 0 Å². The predicted molar refractivity (Wildman–Crippen MR) is 67.6 cm³/mol. The third-order valence-electron chi connectivity index (χ3n) is 2.86. The lowest BCUT2D eigenvalue weighted by Gasteiger charge is -2.28. The summed E-state index contributed by atoms with van der Waals surface area (Å²) in [7, 11) is 0. The van der Waals surface area contributed by atoms with Gasteiger partial charge in [0.15, 0.2) is 0 Å². The maximum absolute atomic E-state index is 12.7. The van der Waals surface area contributed by atoms with Crippen LogP contribution in [0.25, 0.3) is 0 Å². The monoisotopic (exact) mass is 292 g/mol. The van der Waals surface area contributed by atoms with E-state index in [4.69, 9.17) is 0 Å². The van der Waals surface area contributed by atoms with Gasteiger partial charge in [0.1, 0.15) is 5.56 Å². The topological polar surface area (TPSA) is 46.4 Å². The summed E-state index contributed by atoms with van der Waals surface area (Å²) in [5, 5.41) is 10.8. The van der Waals surface area contributed by atoms with Gasteiger partial charge in [-0.2, -0.15) is 24.9 Å². The Kier molecular flexibility index (Phi) is 3.88. The van der Waals surface area contributed by atoms with Crippen molar-refractivity contribution in [2.45, 2.75) is 6.18 Å². The number of rotatable bonds is 2. The Morgan fingerprint density at radius 1 is 1.26 bits per heavy atom. The molecule has 1 aliphatic rings. The van der Waals surface area contributed by atoms with Gasteiger partial charge in [0.05, 0.1) is 4.92 Å². The van der Waals surface area contributed by atoms with Gasteiger partial charge < -0.3 is 4.90 Å². The van der Waals surface area contributed by atoms with E-state index in [0.29, 0.717) is 18.8 Å². The summed E-state index contributed by atoms with van der Waals surface area (Å²) >= 11 is 1.76. The number of alkyl halides is 3. The lowest BCUT2D eigenvalue weighted by molar-refractivity contribution is -0.388. The summed E-state index contributed by atoms with van der Waals surface area (Å²) in [6.07, 6.45) is -4.71. The van der Waals surface area contributed by atoms with Gasteiger partial charge in [0, 0.05) is 36.3 Å². The summed E-state index contributed by atoms with van der Waals surface area (Å²) in [6.45, 7) is 1.38. The largest absolute Gasteiger partial charge is 0.423 e. The van der Waals surface area contributed by atoms with Gasteiger partial charge in [-0.25, -0.2) is 0 Å². The average Bonchev–Trinajstić information content (AvgIpc) is 2.38. The number of nitro groups is 1. The summed E-state index contributed by atoms with van der Waals surface area (Å²) < 4.78 is 38.0. The van der Waals surface area contributed by atoms with Gasteiger partial charge in [-0.3, -0.25) is 10.1 Å². The first kappa shape index (κ1) is 14.0. The zero-order valence-corrected chi connectivity index (χ0v) is 10.6. The molecule has 0 amide bonds. The minimum Gasteiger partial charge on any atom is -0.370 e. The zero-order chi connectivity index (χ0) is 14.0. The Morgan fingerprint density at radius 3 is 2.42 bits per heavy atom. The second-order valence-electron chi connectivity index (χ2n) is 4.06. The fourth-order valence-electron chi connectivity index (χ4n) is 1.93. The van der Waals surface area contributed by atoms with E-state index >= 15 is 0 Å².